The van der Waals surface area contributed by atoms with E-state index in [1.54, 1.807) is 33.9 Å². The van der Waals surface area contributed by atoms with Crippen LogP contribution in [0.4, 0.5) is 14.5 Å². The molecule has 0 saturated carbocycles. The van der Waals surface area contributed by atoms with Crippen molar-refractivity contribution < 1.29 is 25.8 Å². The fourth-order valence-electron chi connectivity index (χ4n) is 2.91. The van der Waals surface area contributed by atoms with Crippen LogP contribution in [0, 0.1) is 11.6 Å². The van der Waals surface area contributed by atoms with Gasteiger partial charge < -0.3 is 17.3 Å². The van der Waals surface area contributed by atoms with Crippen molar-refractivity contribution in [1.29, 1.82) is 0 Å². The highest BCUT2D eigenvalue weighted by atomic mass is 35.5. The maximum atomic E-state index is 14.2. The van der Waals surface area contributed by atoms with E-state index in [1.807, 2.05) is 36.2 Å². The maximum absolute atomic E-state index is 14.2. The quantitative estimate of drug-likeness (QED) is 0.472. The number of nitrogens with zero attached hydrogens (tertiary/aromatic N) is 3. The molecular formula is C18H16ClF2N3OS3. The largest absolute Gasteiger partial charge is 1.00 e. The lowest BCUT2D eigenvalue weighted by atomic mass is 10.3. The summed E-state index contributed by atoms with van der Waals surface area (Å²) in [5, 5.41) is 3.64. The van der Waals surface area contributed by atoms with Crippen LogP contribution in [-0.2, 0) is 13.6 Å². The second kappa shape index (κ2) is 7.98. The zero-order valence-corrected chi connectivity index (χ0v) is 18.4. The third-order valence-electron chi connectivity index (χ3n) is 4.38. The number of aromatic nitrogens is 2. The lowest BCUT2D eigenvalue weighted by Gasteiger charge is -2.12. The number of hydrogen-bond donors (Lipinski definition) is 0. The average Bonchev–Trinajstić information content (AvgIpc) is 3.29. The molecule has 148 valence electrons. The van der Waals surface area contributed by atoms with Crippen LogP contribution in [0.2, 0.25) is 0 Å². The number of aryl methyl sites for hydroxylation is 1. The molecule has 0 bridgehead atoms. The Kier molecular flexibility index (Phi) is 6.00. The van der Waals surface area contributed by atoms with Gasteiger partial charge >= 0.3 is 0 Å². The molecule has 0 unspecified atom stereocenters. The van der Waals surface area contributed by atoms with Crippen molar-refractivity contribution in [3.63, 3.8) is 0 Å². The Labute approximate surface area is 178 Å². The fourth-order valence-corrected chi connectivity index (χ4v) is 6.26. The van der Waals surface area contributed by atoms with Gasteiger partial charge in [0.05, 0.1) is 22.0 Å². The van der Waals surface area contributed by atoms with Gasteiger partial charge in [-0.2, -0.15) is 4.57 Å². The van der Waals surface area contributed by atoms with Gasteiger partial charge in [-0.3, -0.25) is 9.36 Å². The lowest BCUT2D eigenvalue weighted by molar-refractivity contribution is -0.668. The third-order valence-corrected chi connectivity index (χ3v) is 7.80. The Morgan fingerprint density at radius 1 is 1.29 bits per heavy atom. The summed E-state index contributed by atoms with van der Waals surface area (Å²) in [5.41, 5.74) is 0.455. The van der Waals surface area contributed by atoms with Gasteiger partial charge in [-0.25, -0.2) is 8.78 Å². The number of hydrogen-bond acceptors (Lipinski definition) is 5. The minimum Gasteiger partial charge on any atom is -1.00 e. The summed E-state index contributed by atoms with van der Waals surface area (Å²) >= 11 is 4.07. The van der Waals surface area contributed by atoms with Crippen molar-refractivity contribution in [2.45, 2.75) is 18.4 Å². The molecule has 0 spiro atoms. The topological polar surface area (TPSA) is 29.1 Å². The molecule has 2 aromatic heterocycles. The number of benzene rings is 1. The van der Waals surface area contributed by atoms with Gasteiger partial charge in [0.25, 0.3) is 10.6 Å². The first kappa shape index (κ1) is 21.0. The van der Waals surface area contributed by atoms with E-state index >= 15 is 0 Å². The Hall–Kier alpha value is -1.68. The van der Waals surface area contributed by atoms with Crippen molar-refractivity contribution in [3.05, 3.63) is 59.9 Å². The van der Waals surface area contributed by atoms with Gasteiger partial charge in [-0.05, 0) is 19.1 Å². The van der Waals surface area contributed by atoms with Crippen molar-refractivity contribution in [2.24, 2.45) is 7.05 Å². The van der Waals surface area contributed by atoms with Crippen LogP contribution >= 0.6 is 34.4 Å². The standard InChI is InChI=1S/C18H16F2N3OS3.ClH/c1-4-23-13(9-12-21(2)7-8-25-12)26-16(17(23)24)18-22(3)11-6-5-10(19)14(20)15(11)27-18;/h5-9H,4H2,1-3H3;1H/q+1;/p-1/b18-16+;. The summed E-state index contributed by atoms with van der Waals surface area (Å²) in [7, 11) is 3.72. The molecule has 1 aliphatic heterocycles. The zero-order valence-electron chi connectivity index (χ0n) is 15.2. The molecule has 1 aliphatic rings. The van der Waals surface area contributed by atoms with Gasteiger partial charge in [0.15, 0.2) is 17.8 Å². The van der Waals surface area contributed by atoms with E-state index in [-0.39, 0.29) is 22.9 Å². The summed E-state index contributed by atoms with van der Waals surface area (Å²) in [6.07, 6.45) is 3.94. The predicted octanol–water partition coefficient (Wildman–Crippen LogP) is -0.765. The van der Waals surface area contributed by atoms with E-state index in [9.17, 15) is 13.6 Å². The van der Waals surface area contributed by atoms with E-state index in [0.717, 1.165) is 27.5 Å². The third kappa shape index (κ3) is 3.30. The van der Waals surface area contributed by atoms with Crippen LogP contribution in [0.25, 0.3) is 11.1 Å². The Balaban J connectivity index is 0.00000225. The summed E-state index contributed by atoms with van der Waals surface area (Å²) in [5.74, 6) is -1.75. The highest BCUT2D eigenvalue weighted by Gasteiger charge is 2.29. The van der Waals surface area contributed by atoms with Gasteiger partial charge in [0, 0.05) is 13.6 Å². The second-order valence-electron chi connectivity index (χ2n) is 5.99. The molecule has 0 amide bonds. The molecule has 1 aromatic carbocycles. The molecule has 0 atom stereocenters. The second-order valence-corrected chi connectivity index (χ2v) is 8.95. The molecule has 0 aliphatic carbocycles. The first-order valence-corrected chi connectivity index (χ1v) is 10.7. The van der Waals surface area contributed by atoms with Crippen molar-refractivity contribution >= 4 is 51.2 Å². The number of rotatable bonds is 2. The summed E-state index contributed by atoms with van der Waals surface area (Å²) in [6.45, 7) is 2.46. The predicted molar refractivity (Wildman–Crippen MR) is 107 cm³/mol. The Bertz CT molecular complexity index is 1230. The van der Waals surface area contributed by atoms with Crippen LogP contribution in [0.15, 0.2) is 33.4 Å². The number of fused-ring (bicyclic) bond motifs is 1. The molecule has 10 heteroatoms. The van der Waals surface area contributed by atoms with Crippen LogP contribution in [0.5, 0.6) is 0 Å². The number of thioether (sulfide) groups is 1. The van der Waals surface area contributed by atoms with E-state index < -0.39 is 11.6 Å². The summed E-state index contributed by atoms with van der Waals surface area (Å²) < 4.78 is 32.9. The van der Waals surface area contributed by atoms with Gasteiger partial charge in [0.1, 0.15) is 21.3 Å². The molecule has 0 fully saturated rings. The molecule has 0 saturated heterocycles. The molecular weight excluding hydrogens is 444 g/mol. The summed E-state index contributed by atoms with van der Waals surface area (Å²) in [4.78, 5) is 15.0. The first-order valence-electron chi connectivity index (χ1n) is 8.20. The van der Waals surface area contributed by atoms with Crippen molar-refractivity contribution in [2.75, 3.05) is 11.9 Å². The molecule has 4 nitrogen and oxygen atoms in total. The number of halogens is 3. The van der Waals surface area contributed by atoms with Crippen LogP contribution in [-0.4, -0.2) is 11.6 Å². The molecule has 0 radical (unpaired) electrons. The Morgan fingerprint density at radius 3 is 2.68 bits per heavy atom. The summed E-state index contributed by atoms with van der Waals surface area (Å²) in [6, 6.07) is 2.65. The fraction of sp³-hybridized carbons (Fsp3) is 0.222. The minimum absolute atomic E-state index is 0. The maximum Gasteiger partial charge on any atom is 0.271 e. The first-order chi connectivity index (χ1) is 12.9. The molecule has 3 aromatic rings. The number of anilines is 1. The highest BCUT2D eigenvalue weighted by molar-refractivity contribution is 8.08. The SMILES string of the molecule is CCn1c(=O)/c(=C2\Sc3c(ccc(F)c3F)N2C)s/c1=C\c1scc[n+]1C.[Cl-]. The van der Waals surface area contributed by atoms with Crippen LogP contribution in [0.1, 0.15) is 11.9 Å². The lowest BCUT2D eigenvalue weighted by Crippen LogP contribution is -3.00. The van der Waals surface area contributed by atoms with E-state index in [1.165, 1.54) is 11.3 Å². The van der Waals surface area contributed by atoms with E-state index in [2.05, 4.69) is 0 Å². The Morgan fingerprint density at radius 2 is 2.04 bits per heavy atom. The van der Waals surface area contributed by atoms with Crippen LogP contribution < -0.4 is 36.6 Å². The molecule has 4 rings (SSSR count). The van der Waals surface area contributed by atoms with Crippen molar-refractivity contribution in [1.82, 2.24) is 4.57 Å². The van der Waals surface area contributed by atoms with Gasteiger partial charge in [-0.1, -0.05) is 23.1 Å². The zero-order chi connectivity index (χ0) is 19.3. The monoisotopic (exact) mass is 459 g/mol. The minimum atomic E-state index is -0.882. The smallest absolute Gasteiger partial charge is 0.271 e. The van der Waals surface area contributed by atoms with E-state index in [0.29, 0.717) is 21.8 Å². The van der Waals surface area contributed by atoms with Gasteiger partial charge in [-0.15, -0.1) is 11.3 Å². The number of thiazole rings is 2. The normalized spacial score (nSPS) is 15.8. The van der Waals surface area contributed by atoms with Crippen molar-refractivity contribution in [3.8, 4) is 0 Å². The van der Waals surface area contributed by atoms with Crippen LogP contribution in [0.3, 0.4) is 0 Å². The average molecular weight is 460 g/mol. The van der Waals surface area contributed by atoms with E-state index in [4.69, 9.17) is 0 Å². The molecule has 3 heterocycles. The van der Waals surface area contributed by atoms with Gasteiger partial charge in [0.2, 0.25) is 0 Å². The highest BCUT2D eigenvalue weighted by Crippen LogP contribution is 2.47. The molecule has 28 heavy (non-hydrogen) atoms. The molecule has 0 N–H and O–H groups in total.